The van der Waals surface area contributed by atoms with E-state index in [0.29, 0.717) is 0 Å². The van der Waals surface area contributed by atoms with Crippen LogP contribution in [0.15, 0.2) is 11.1 Å². The number of carboxylic acid groups (broad SMARTS) is 1. The van der Waals surface area contributed by atoms with Crippen molar-refractivity contribution in [1.82, 2.24) is 19.9 Å². The number of aromatic nitrogens is 4. The maximum absolute atomic E-state index is 11.1. The molecule has 0 aliphatic rings. The van der Waals surface area contributed by atoms with E-state index >= 15 is 0 Å². The van der Waals surface area contributed by atoms with Crippen molar-refractivity contribution >= 4 is 17.1 Å². The van der Waals surface area contributed by atoms with Crippen LogP contribution in [0, 0.1) is 0 Å². The molecule has 0 aliphatic heterocycles. The summed E-state index contributed by atoms with van der Waals surface area (Å²) in [5.74, 6) is -1.70. The van der Waals surface area contributed by atoms with Gasteiger partial charge in [-0.25, -0.2) is 14.8 Å². The number of hydrogen-bond acceptors (Lipinski definition) is 4. The molecule has 2 aromatic heterocycles. The molecule has 0 atom stereocenters. The number of fused-ring (bicyclic) bond motifs is 1. The smallest absolute Gasteiger partial charge is 0.372 e. The van der Waals surface area contributed by atoms with Gasteiger partial charge in [0.2, 0.25) is 5.82 Å². The van der Waals surface area contributed by atoms with Gasteiger partial charge in [0.15, 0.2) is 11.2 Å². The van der Waals surface area contributed by atoms with Crippen molar-refractivity contribution in [1.29, 1.82) is 0 Å². The minimum absolute atomic E-state index is 0.0983. The predicted molar refractivity (Wildman–Crippen MR) is 41.5 cm³/mol. The summed E-state index contributed by atoms with van der Waals surface area (Å²) in [5, 5.41) is 8.54. The normalized spacial score (nSPS) is 10.5. The molecular formula is C6H4N4O3. The Labute approximate surface area is 70.5 Å². The van der Waals surface area contributed by atoms with Gasteiger partial charge in [0.1, 0.15) is 0 Å². The maximum Gasteiger partial charge on any atom is 0.372 e. The average molecular weight is 180 g/mol. The van der Waals surface area contributed by atoms with Crippen LogP contribution in [0.2, 0.25) is 0 Å². The molecule has 2 aromatic rings. The number of carbonyl (C=O) groups is 1. The molecule has 2 rings (SSSR count). The fourth-order valence-electron chi connectivity index (χ4n) is 0.944. The molecule has 2 heterocycles. The van der Waals surface area contributed by atoms with Crippen molar-refractivity contribution in [3.8, 4) is 0 Å². The van der Waals surface area contributed by atoms with E-state index in [1.54, 1.807) is 0 Å². The summed E-state index contributed by atoms with van der Waals surface area (Å²) in [6.45, 7) is 0. The highest BCUT2D eigenvalue weighted by Gasteiger charge is 2.10. The number of aromatic carboxylic acids is 1. The van der Waals surface area contributed by atoms with Crippen molar-refractivity contribution in [2.75, 3.05) is 0 Å². The van der Waals surface area contributed by atoms with Gasteiger partial charge in [-0.05, 0) is 0 Å². The van der Waals surface area contributed by atoms with Crippen LogP contribution in [0.4, 0.5) is 0 Å². The summed E-state index contributed by atoms with van der Waals surface area (Å²) >= 11 is 0. The molecule has 0 radical (unpaired) electrons. The van der Waals surface area contributed by atoms with Crippen LogP contribution in [-0.2, 0) is 0 Å². The summed E-state index contributed by atoms with van der Waals surface area (Å²) in [4.78, 5) is 33.5. The third kappa shape index (κ3) is 1.06. The van der Waals surface area contributed by atoms with Crippen molar-refractivity contribution < 1.29 is 9.90 Å². The standard InChI is InChI=1S/C6H4N4O3/c11-5-2-3(8-1-7-2)9-4(10-5)6(12)13/h1H,(H,12,13)(H2,7,8,9,10,11). The third-order valence-electron chi connectivity index (χ3n) is 1.50. The lowest BCUT2D eigenvalue weighted by atomic mass is 10.5. The van der Waals surface area contributed by atoms with Gasteiger partial charge in [-0.1, -0.05) is 0 Å². The Hall–Kier alpha value is -2.18. The Bertz CT molecular complexity index is 526. The quantitative estimate of drug-likeness (QED) is 0.539. The first-order valence-corrected chi connectivity index (χ1v) is 3.35. The highest BCUT2D eigenvalue weighted by molar-refractivity contribution is 5.85. The minimum Gasteiger partial charge on any atom is -0.475 e. The SMILES string of the molecule is O=C(O)c1nc2nc[nH]c2c(=O)[nH]1. The molecule has 0 saturated carbocycles. The number of H-pyrrole nitrogens is 2. The van der Waals surface area contributed by atoms with E-state index in [9.17, 15) is 9.59 Å². The lowest BCUT2D eigenvalue weighted by Gasteiger charge is -1.91. The van der Waals surface area contributed by atoms with E-state index in [2.05, 4.69) is 19.9 Å². The number of nitrogens with one attached hydrogen (secondary N) is 2. The van der Waals surface area contributed by atoms with Crippen LogP contribution < -0.4 is 5.56 Å². The molecule has 0 saturated heterocycles. The second-order valence-corrected chi connectivity index (χ2v) is 2.32. The first kappa shape index (κ1) is 7.47. The molecule has 7 nitrogen and oxygen atoms in total. The molecule has 0 amide bonds. The van der Waals surface area contributed by atoms with Gasteiger partial charge in [0.25, 0.3) is 5.56 Å². The van der Waals surface area contributed by atoms with E-state index < -0.39 is 17.4 Å². The number of carboxylic acids is 1. The van der Waals surface area contributed by atoms with Gasteiger partial charge < -0.3 is 10.1 Å². The topological polar surface area (TPSA) is 112 Å². The van der Waals surface area contributed by atoms with E-state index in [4.69, 9.17) is 5.11 Å². The number of imidazole rings is 1. The van der Waals surface area contributed by atoms with Gasteiger partial charge in [0, 0.05) is 0 Å². The zero-order valence-electron chi connectivity index (χ0n) is 6.24. The highest BCUT2D eigenvalue weighted by Crippen LogP contribution is 1.98. The fraction of sp³-hybridized carbons (Fsp3) is 0. The van der Waals surface area contributed by atoms with Crippen LogP contribution in [0.1, 0.15) is 10.6 Å². The molecule has 0 unspecified atom stereocenters. The largest absolute Gasteiger partial charge is 0.475 e. The summed E-state index contributed by atoms with van der Waals surface area (Å²) < 4.78 is 0. The zero-order chi connectivity index (χ0) is 9.42. The summed E-state index contributed by atoms with van der Waals surface area (Å²) in [7, 11) is 0. The van der Waals surface area contributed by atoms with E-state index in [-0.39, 0.29) is 11.2 Å². The van der Waals surface area contributed by atoms with Crippen LogP contribution in [0.5, 0.6) is 0 Å². The van der Waals surface area contributed by atoms with E-state index in [0.717, 1.165) is 0 Å². The molecule has 13 heavy (non-hydrogen) atoms. The average Bonchev–Trinajstić information content (AvgIpc) is 2.51. The van der Waals surface area contributed by atoms with Gasteiger partial charge in [-0.2, -0.15) is 0 Å². The number of aromatic amines is 2. The Balaban J connectivity index is 2.85. The maximum atomic E-state index is 11.1. The summed E-state index contributed by atoms with van der Waals surface area (Å²) in [6, 6.07) is 0. The molecule has 66 valence electrons. The van der Waals surface area contributed by atoms with Crippen LogP contribution >= 0.6 is 0 Å². The summed E-state index contributed by atoms with van der Waals surface area (Å²) in [6.07, 6.45) is 1.28. The monoisotopic (exact) mass is 180 g/mol. The van der Waals surface area contributed by atoms with Crippen LogP contribution in [0.3, 0.4) is 0 Å². The second-order valence-electron chi connectivity index (χ2n) is 2.32. The molecule has 3 N–H and O–H groups in total. The molecule has 7 heteroatoms. The highest BCUT2D eigenvalue weighted by atomic mass is 16.4. The first-order valence-electron chi connectivity index (χ1n) is 3.35. The number of hydrogen-bond donors (Lipinski definition) is 3. The molecule has 0 fully saturated rings. The zero-order valence-corrected chi connectivity index (χ0v) is 6.24. The molecule has 0 aromatic carbocycles. The lowest BCUT2D eigenvalue weighted by Crippen LogP contribution is -2.15. The van der Waals surface area contributed by atoms with Crippen molar-refractivity contribution in [2.24, 2.45) is 0 Å². The minimum atomic E-state index is -1.29. The second kappa shape index (κ2) is 2.41. The van der Waals surface area contributed by atoms with Gasteiger partial charge >= 0.3 is 5.97 Å². The molecular weight excluding hydrogens is 176 g/mol. The van der Waals surface area contributed by atoms with Crippen molar-refractivity contribution in [3.63, 3.8) is 0 Å². The fourth-order valence-corrected chi connectivity index (χ4v) is 0.944. The van der Waals surface area contributed by atoms with Crippen molar-refractivity contribution in [3.05, 3.63) is 22.5 Å². The van der Waals surface area contributed by atoms with Crippen molar-refractivity contribution in [2.45, 2.75) is 0 Å². The molecule has 0 bridgehead atoms. The van der Waals surface area contributed by atoms with Crippen LogP contribution in [-0.4, -0.2) is 31.0 Å². The number of nitrogens with zero attached hydrogens (tertiary/aromatic N) is 2. The van der Waals surface area contributed by atoms with Crippen LogP contribution in [0.25, 0.3) is 11.2 Å². The predicted octanol–water partition coefficient (Wildman–Crippen LogP) is -0.656. The Morgan fingerprint density at radius 1 is 1.54 bits per heavy atom. The lowest BCUT2D eigenvalue weighted by molar-refractivity contribution is 0.0683. The summed E-state index contributed by atoms with van der Waals surface area (Å²) in [5.41, 5.74) is -0.272. The van der Waals surface area contributed by atoms with E-state index in [1.807, 2.05) is 0 Å². The molecule has 0 spiro atoms. The molecule has 0 aliphatic carbocycles. The Morgan fingerprint density at radius 2 is 2.31 bits per heavy atom. The Morgan fingerprint density at radius 3 is 3.00 bits per heavy atom. The van der Waals surface area contributed by atoms with Gasteiger partial charge in [-0.3, -0.25) is 9.78 Å². The van der Waals surface area contributed by atoms with Gasteiger partial charge in [-0.15, -0.1) is 0 Å². The Kier molecular flexibility index (Phi) is 1.38. The van der Waals surface area contributed by atoms with E-state index in [1.165, 1.54) is 6.33 Å². The number of rotatable bonds is 1. The third-order valence-corrected chi connectivity index (χ3v) is 1.50. The first-order chi connectivity index (χ1) is 6.18. The van der Waals surface area contributed by atoms with Gasteiger partial charge in [0.05, 0.1) is 6.33 Å².